The molecule has 1 amide bonds. The highest BCUT2D eigenvalue weighted by molar-refractivity contribution is 7.99. The molecule has 3 aromatic rings. The molecule has 5 nitrogen and oxygen atoms in total. The van der Waals surface area contributed by atoms with E-state index >= 15 is 0 Å². The second-order valence-electron chi connectivity index (χ2n) is 5.53. The molecule has 0 fully saturated rings. The number of benzene rings is 2. The number of nitrogens with one attached hydrogen (secondary N) is 1. The van der Waals surface area contributed by atoms with Gasteiger partial charge in [0.2, 0.25) is 5.91 Å². The van der Waals surface area contributed by atoms with Crippen molar-refractivity contribution in [2.24, 2.45) is 0 Å². The van der Waals surface area contributed by atoms with Crippen molar-refractivity contribution in [1.29, 1.82) is 0 Å². The van der Waals surface area contributed by atoms with Crippen molar-refractivity contribution in [3.63, 3.8) is 0 Å². The van der Waals surface area contributed by atoms with Gasteiger partial charge >= 0.3 is 0 Å². The van der Waals surface area contributed by atoms with Crippen molar-refractivity contribution in [3.8, 4) is 17.0 Å². The molecule has 0 aliphatic rings. The summed E-state index contributed by atoms with van der Waals surface area (Å²) in [6, 6.07) is 16.5. The Morgan fingerprint density at radius 3 is 2.56 bits per heavy atom. The van der Waals surface area contributed by atoms with E-state index in [0.717, 1.165) is 22.7 Å². The van der Waals surface area contributed by atoms with Crippen LogP contribution in [0, 0.1) is 0 Å². The average Bonchev–Trinajstić information content (AvgIpc) is 2.69. The number of thioether (sulfide) groups is 1. The van der Waals surface area contributed by atoms with Gasteiger partial charge in [0.25, 0.3) is 0 Å². The lowest BCUT2D eigenvalue weighted by Crippen LogP contribution is -2.14. The summed E-state index contributed by atoms with van der Waals surface area (Å²) < 4.78 is 5.38. The first-order chi connectivity index (χ1) is 13.1. The number of hydrogen-bond donors (Lipinski definition) is 1. The Kier molecular flexibility index (Phi) is 6.68. The van der Waals surface area contributed by atoms with Gasteiger partial charge in [-0.3, -0.25) is 4.79 Å². The summed E-state index contributed by atoms with van der Waals surface area (Å²) in [4.78, 5) is 20.9. The summed E-state index contributed by atoms with van der Waals surface area (Å²) in [6.07, 6.45) is 1.68. The second-order valence-corrected chi connectivity index (χ2v) is 6.90. The molecule has 1 N–H and O–H groups in total. The van der Waals surface area contributed by atoms with Crippen molar-refractivity contribution < 1.29 is 9.53 Å². The van der Waals surface area contributed by atoms with Crippen molar-refractivity contribution in [3.05, 3.63) is 65.8 Å². The number of nitrogens with zero attached hydrogens (tertiary/aromatic N) is 2. The van der Waals surface area contributed by atoms with Crippen LogP contribution in [0.4, 0.5) is 5.69 Å². The zero-order valence-electron chi connectivity index (χ0n) is 14.7. The lowest BCUT2D eigenvalue weighted by atomic mass is 10.1. The highest BCUT2D eigenvalue weighted by Crippen LogP contribution is 2.22. The molecule has 0 unspecified atom stereocenters. The Morgan fingerprint density at radius 2 is 1.85 bits per heavy atom. The summed E-state index contributed by atoms with van der Waals surface area (Å²) >= 11 is 7.20. The van der Waals surface area contributed by atoms with Crippen LogP contribution in [0.15, 0.2) is 66.0 Å². The van der Waals surface area contributed by atoms with Crippen LogP contribution in [-0.2, 0) is 4.79 Å². The molecule has 2 aromatic carbocycles. The van der Waals surface area contributed by atoms with E-state index in [2.05, 4.69) is 15.3 Å². The molecule has 0 radical (unpaired) electrons. The largest absolute Gasteiger partial charge is 0.494 e. The molecule has 1 heterocycles. The van der Waals surface area contributed by atoms with Gasteiger partial charge in [0.1, 0.15) is 5.75 Å². The summed E-state index contributed by atoms with van der Waals surface area (Å²) in [5, 5.41) is 4.07. The maximum absolute atomic E-state index is 12.2. The Morgan fingerprint density at radius 1 is 1.11 bits per heavy atom. The van der Waals surface area contributed by atoms with Gasteiger partial charge in [-0.15, -0.1) is 0 Å². The van der Waals surface area contributed by atoms with E-state index in [1.165, 1.54) is 11.8 Å². The van der Waals surface area contributed by atoms with Gasteiger partial charge < -0.3 is 10.1 Å². The number of carbonyl (C=O) groups is 1. The molecule has 7 heteroatoms. The summed E-state index contributed by atoms with van der Waals surface area (Å²) in [5.41, 5.74) is 2.46. The maximum atomic E-state index is 12.2. The number of anilines is 1. The van der Waals surface area contributed by atoms with Crippen LogP contribution in [0.2, 0.25) is 5.02 Å². The van der Waals surface area contributed by atoms with E-state index < -0.39 is 0 Å². The molecule has 0 spiro atoms. The fourth-order valence-corrected chi connectivity index (χ4v) is 3.08. The molecule has 1 aromatic heterocycles. The SMILES string of the molecule is CCOc1ccc(NC(=O)CSc2nccc(-c3ccc(Cl)cc3)n2)cc1. The summed E-state index contributed by atoms with van der Waals surface area (Å²) in [5.74, 6) is 0.874. The molecule has 0 bridgehead atoms. The van der Waals surface area contributed by atoms with Gasteiger partial charge in [-0.2, -0.15) is 0 Å². The third-order valence-electron chi connectivity index (χ3n) is 3.55. The Hall–Kier alpha value is -2.57. The normalized spacial score (nSPS) is 10.4. The van der Waals surface area contributed by atoms with Crippen LogP contribution in [0.3, 0.4) is 0 Å². The first kappa shape index (κ1) is 19.2. The summed E-state index contributed by atoms with van der Waals surface area (Å²) in [7, 11) is 0. The molecular weight excluding hydrogens is 382 g/mol. The standard InChI is InChI=1S/C20H18ClN3O2S/c1-2-26-17-9-7-16(8-10-17)23-19(25)13-27-20-22-12-11-18(24-20)14-3-5-15(21)6-4-14/h3-12H,2,13H2,1H3,(H,23,25). The monoisotopic (exact) mass is 399 g/mol. The molecular formula is C20H18ClN3O2S. The smallest absolute Gasteiger partial charge is 0.234 e. The number of rotatable bonds is 7. The number of amides is 1. The molecule has 3 rings (SSSR count). The molecule has 0 saturated heterocycles. The minimum atomic E-state index is -0.121. The van der Waals surface area contributed by atoms with Gasteiger partial charge in [-0.05, 0) is 49.4 Å². The van der Waals surface area contributed by atoms with Crippen LogP contribution < -0.4 is 10.1 Å². The fourth-order valence-electron chi connectivity index (χ4n) is 2.32. The third-order valence-corrected chi connectivity index (χ3v) is 4.67. The van der Waals surface area contributed by atoms with E-state index in [0.29, 0.717) is 16.8 Å². The molecule has 0 saturated carbocycles. The first-order valence-electron chi connectivity index (χ1n) is 8.38. The van der Waals surface area contributed by atoms with Crippen LogP contribution >= 0.6 is 23.4 Å². The van der Waals surface area contributed by atoms with E-state index in [4.69, 9.17) is 16.3 Å². The van der Waals surface area contributed by atoms with Crippen LogP contribution in [0.5, 0.6) is 5.75 Å². The quantitative estimate of drug-likeness (QED) is 0.451. The number of ether oxygens (including phenoxy) is 1. The zero-order chi connectivity index (χ0) is 19.1. The predicted molar refractivity (Wildman–Crippen MR) is 109 cm³/mol. The molecule has 27 heavy (non-hydrogen) atoms. The van der Waals surface area contributed by atoms with Gasteiger partial charge in [0.05, 0.1) is 18.1 Å². The van der Waals surface area contributed by atoms with Crippen LogP contribution in [0.25, 0.3) is 11.3 Å². The van der Waals surface area contributed by atoms with Crippen molar-refractivity contribution in [1.82, 2.24) is 9.97 Å². The molecule has 138 valence electrons. The van der Waals surface area contributed by atoms with E-state index in [1.54, 1.807) is 6.20 Å². The van der Waals surface area contributed by atoms with Crippen molar-refractivity contribution >= 4 is 35.0 Å². The second kappa shape index (κ2) is 9.39. The fraction of sp³-hybridized carbons (Fsp3) is 0.150. The third kappa shape index (κ3) is 5.70. The van der Waals surface area contributed by atoms with E-state index in [-0.39, 0.29) is 11.7 Å². The minimum absolute atomic E-state index is 0.121. The van der Waals surface area contributed by atoms with E-state index in [9.17, 15) is 4.79 Å². The van der Waals surface area contributed by atoms with Gasteiger partial charge in [0, 0.05) is 22.5 Å². The topological polar surface area (TPSA) is 64.1 Å². The average molecular weight is 400 g/mol. The molecule has 0 aliphatic heterocycles. The molecule has 0 aliphatic carbocycles. The van der Waals surface area contributed by atoms with Gasteiger partial charge in [0.15, 0.2) is 5.16 Å². The highest BCUT2D eigenvalue weighted by atomic mass is 35.5. The Bertz CT molecular complexity index is 902. The van der Waals surface area contributed by atoms with Gasteiger partial charge in [-0.1, -0.05) is 35.5 Å². The summed E-state index contributed by atoms with van der Waals surface area (Å²) in [6.45, 7) is 2.54. The first-order valence-corrected chi connectivity index (χ1v) is 9.75. The highest BCUT2D eigenvalue weighted by Gasteiger charge is 2.08. The predicted octanol–water partition coefficient (Wildman–Crippen LogP) is 4.93. The van der Waals surface area contributed by atoms with Crippen LogP contribution in [0.1, 0.15) is 6.92 Å². The zero-order valence-corrected chi connectivity index (χ0v) is 16.3. The maximum Gasteiger partial charge on any atom is 0.234 e. The minimum Gasteiger partial charge on any atom is -0.494 e. The Labute approximate surface area is 167 Å². The van der Waals surface area contributed by atoms with E-state index in [1.807, 2.05) is 61.5 Å². The number of aromatic nitrogens is 2. The number of carbonyl (C=O) groups excluding carboxylic acids is 1. The molecule has 0 atom stereocenters. The Balaban J connectivity index is 1.57. The lowest BCUT2D eigenvalue weighted by Gasteiger charge is -2.07. The number of halogens is 1. The van der Waals surface area contributed by atoms with Crippen molar-refractivity contribution in [2.75, 3.05) is 17.7 Å². The lowest BCUT2D eigenvalue weighted by molar-refractivity contribution is -0.113. The van der Waals surface area contributed by atoms with Gasteiger partial charge in [-0.25, -0.2) is 9.97 Å². The number of hydrogen-bond acceptors (Lipinski definition) is 5. The van der Waals surface area contributed by atoms with Crippen molar-refractivity contribution in [2.45, 2.75) is 12.1 Å². The van der Waals surface area contributed by atoms with Crippen LogP contribution in [-0.4, -0.2) is 28.2 Å².